The van der Waals surface area contributed by atoms with Crippen molar-refractivity contribution in [2.45, 2.75) is 0 Å². The zero-order chi connectivity index (χ0) is 5.86. The fourth-order valence-electron chi connectivity index (χ4n) is 0.0676. The van der Waals surface area contributed by atoms with Crippen LogP contribution in [0.15, 0.2) is 0 Å². The van der Waals surface area contributed by atoms with E-state index in [1.54, 1.807) is 0 Å². The Labute approximate surface area is 75.6 Å². The number of carboxylic acid groups (broad SMARTS) is 1. The Balaban J connectivity index is -0.000000180. The summed E-state index contributed by atoms with van der Waals surface area (Å²) in [6.45, 7) is 0. The molecule has 0 aliphatic heterocycles. The van der Waals surface area contributed by atoms with Crippen LogP contribution in [0, 0.1) is 0 Å². The van der Waals surface area contributed by atoms with Gasteiger partial charge in [0.2, 0.25) is 5.78 Å². The van der Waals surface area contributed by atoms with Crippen LogP contribution in [0.1, 0.15) is 1.43 Å². The van der Waals surface area contributed by atoms with E-state index in [1.807, 2.05) is 0 Å². The topological polar surface area (TPSA) is 54.4 Å². The van der Waals surface area contributed by atoms with Crippen LogP contribution in [0.3, 0.4) is 0 Å². The molecule has 0 atom stereocenters. The molecule has 0 radical (unpaired) electrons. The zero-order valence-corrected chi connectivity index (χ0v) is 7.31. The fraction of sp³-hybridized carbons (Fsp3) is 0.333. The number of aliphatic carboxylic acids is 1. The summed E-state index contributed by atoms with van der Waals surface area (Å²) in [5.41, 5.74) is 0. The molecule has 3 nitrogen and oxygen atoms in total. The molecule has 0 aromatic rings. The third-order valence-corrected chi connectivity index (χ3v) is 0.669. The molecule has 0 fully saturated rings. The second-order valence-corrected chi connectivity index (χ2v) is 1.20. The van der Waals surface area contributed by atoms with Gasteiger partial charge in [-0.05, 0) is 0 Å². The van der Waals surface area contributed by atoms with Crippen LogP contribution in [-0.4, -0.2) is 22.6 Å². The first-order chi connectivity index (χ1) is 3.18. The van der Waals surface area contributed by atoms with E-state index in [9.17, 15) is 9.59 Å². The average Bonchev–Trinajstić information content (AvgIpc) is 1.65. The van der Waals surface area contributed by atoms with E-state index in [4.69, 9.17) is 5.11 Å². The zero-order valence-electron chi connectivity index (χ0n) is 5.42. The number of carbonyl (C=O) groups excluding carboxylic acids is 1. The van der Waals surface area contributed by atoms with Crippen LogP contribution in [0.5, 0.6) is 0 Å². The minimum absolute atomic E-state index is 0. The summed E-state index contributed by atoms with van der Waals surface area (Å²) >= 11 is 3.42. The van der Waals surface area contributed by atoms with Gasteiger partial charge in [0.15, 0.2) is 0 Å². The minimum Gasteiger partial charge on any atom is -1.00 e. The molecule has 0 rings (SSSR count). The molecule has 0 saturated heterocycles. The van der Waals surface area contributed by atoms with Crippen molar-refractivity contribution in [1.29, 1.82) is 0 Å². The van der Waals surface area contributed by atoms with E-state index in [-0.39, 0.29) is 36.7 Å². The van der Waals surface area contributed by atoms with Gasteiger partial charge in [0.1, 0.15) is 0 Å². The van der Waals surface area contributed by atoms with Crippen LogP contribution >= 0.6 is 12.6 Å². The molecule has 1 N–H and O–H groups in total. The van der Waals surface area contributed by atoms with Crippen molar-refractivity contribution in [2.24, 2.45) is 0 Å². The van der Waals surface area contributed by atoms with Crippen molar-refractivity contribution in [3.63, 3.8) is 0 Å². The number of carboxylic acids is 1. The maximum atomic E-state index is 9.84. The van der Waals surface area contributed by atoms with Gasteiger partial charge >= 0.3 is 35.5 Å². The largest absolute Gasteiger partial charge is 1.00 e. The van der Waals surface area contributed by atoms with E-state index in [1.165, 1.54) is 0 Å². The number of ketones is 1. The Bertz CT molecular complexity index is 107. The van der Waals surface area contributed by atoms with Gasteiger partial charge in [-0.25, -0.2) is 4.79 Å². The van der Waals surface area contributed by atoms with Crippen LogP contribution in [0.25, 0.3) is 0 Å². The van der Waals surface area contributed by atoms with Crippen molar-refractivity contribution in [3.05, 3.63) is 0 Å². The van der Waals surface area contributed by atoms with Crippen molar-refractivity contribution < 1.29 is 45.7 Å². The average molecular weight is 144 g/mol. The number of rotatable bonds is 2. The van der Waals surface area contributed by atoms with Gasteiger partial charge in [0.05, 0.1) is 5.75 Å². The first kappa shape index (κ1) is 11.3. The molecule has 42 valence electrons. The molecular formula is C3H5NaO3S. The standard InChI is InChI=1S/C3H4O3S.Na.H/c4-2(1-7)3(5)6;;/h7H,1H2,(H,5,6);;/q;+1;-1. The summed E-state index contributed by atoms with van der Waals surface area (Å²) in [5, 5.41) is 7.78. The summed E-state index contributed by atoms with van der Waals surface area (Å²) in [4.78, 5) is 19.4. The molecule has 0 aliphatic rings. The third kappa shape index (κ3) is 4.64. The number of hydrogen-bond donors (Lipinski definition) is 2. The van der Waals surface area contributed by atoms with E-state index < -0.39 is 11.8 Å². The summed E-state index contributed by atoms with van der Waals surface area (Å²) in [7, 11) is 0. The van der Waals surface area contributed by atoms with Gasteiger partial charge < -0.3 is 6.53 Å². The van der Waals surface area contributed by atoms with Crippen LogP contribution in [-0.2, 0) is 9.59 Å². The summed E-state index contributed by atoms with van der Waals surface area (Å²) < 4.78 is 0. The summed E-state index contributed by atoms with van der Waals surface area (Å²) in [5.74, 6) is -2.52. The Kier molecular flexibility index (Phi) is 7.95. The summed E-state index contributed by atoms with van der Waals surface area (Å²) in [6.07, 6.45) is 0. The smallest absolute Gasteiger partial charge is 1.00 e. The molecule has 0 heterocycles. The number of Topliss-reactive ketones (excluding diaryl/α,β-unsaturated/α-hetero) is 1. The molecule has 0 aliphatic carbocycles. The van der Waals surface area contributed by atoms with Crippen LogP contribution in [0.2, 0.25) is 0 Å². The third-order valence-electron chi connectivity index (χ3n) is 0.382. The Morgan fingerprint density at radius 3 is 2.00 bits per heavy atom. The van der Waals surface area contributed by atoms with Crippen LogP contribution in [0.4, 0.5) is 0 Å². The molecule has 5 heteroatoms. The fourth-order valence-corrected chi connectivity index (χ4v) is 0.203. The Morgan fingerprint density at radius 2 is 2.00 bits per heavy atom. The van der Waals surface area contributed by atoms with E-state index >= 15 is 0 Å². The monoisotopic (exact) mass is 144 g/mol. The van der Waals surface area contributed by atoms with E-state index in [2.05, 4.69) is 12.6 Å². The van der Waals surface area contributed by atoms with Gasteiger partial charge in [0, 0.05) is 0 Å². The van der Waals surface area contributed by atoms with Crippen molar-refractivity contribution in [3.8, 4) is 0 Å². The Hall–Kier alpha value is 0.490. The molecule has 0 aromatic heterocycles. The first-order valence-corrected chi connectivity index (χ1v) is 2.18. The second-order valence-electron chi connectivity index (χ2n) is 0.886. The van der Waals surface area contributed by atoms with Gasteiger partial charge in [-0.1, -0.05) is 0 Å². The summed E-state index contributed by atoms with van der Waals surface area (Å²) in [6, 6.07) is 0. The predicted octanol–water partition coefficient (Wildman–Crippen LogP) is -3.31. The number of thiol groups is 1. The van der Waals surface area contributed by atoms with Gasteiger partial charge in [-0.3, -0.25) is 4.79 Å². The van der Waals surface area contributed by atoms with Gasteiger partial charge in [0.25, 0.3) is 0 Å². The number of carbonyl (C=O) groups is 2. The maximum absolute atomic E-state index is 9.84. The van der Waals surface area contributed by atoms with Gasteiger partial charge in [-0.2, -0.15) is 12.6 Å². The molecule has 0 amide bonds. The maximum Gasteiger partial charge on any atom is 1.00 e. The Morgan fingerprint density at radius 1 is 1.62 bits per heavy atom. The quantitative estimate of drug-likeness (QED) is 0.242. The van der Waals surface area contributed by atoms with E-state index in [0.717, 1.165) is 0 Å². The van der Waals surface area contributed by atoms with Crippen LogP contribution < -0.4 is 29.6 Å². The van der Waals surface area contributed by atoms with Crippen molar-refractivity contribution >= 4 is 24.4 Å². The van der Waals surface area contributed by atoms with Gasteiger partial charge in [-0.15, -0.1) is 0 Å². The number of hydrogen-bond acceptors (Lipinski definition) is 3. The van der Waals surface area contributed by atoms with Crippen molar-refractivity contribution in [1.82, 2.24) is 0 Å². The second kappa shape index (κ2) is 5.62. The first-order valence-electron chi connectivity index (χ1n) is 1.55. The molecule has 8 heavy (non-hydrogen) atoms. The molecule has 0 bridgehead atoms. The van der Waals surface area contributed by atoms with Crippen molar-refractivity contribution in [2.75, 3.05) is 5.75 Å². The minimum atomic E-state index is -1.42. The molecule has 0 saturated carbocycles. The predicted molar refractivity (Wildman–Crippen MR) is 27.6 cm³/mol. The molecular weight excluding hydrogens is 139 g/mol. The normalized spacial score (nSPS) is 7.12. The SMILES string of the molecule is O=C(O)C(=O)CS.[H-].[Na+]. The van der Waals surface area contributed by atoms with E-state index in [0.29, 0.717) is 0 Å². The molecule has 0 aromatic carbocycles. The molecule has 0 unspecified atom stereocenters. The molecule has 0 spiro atoms.